The molecule has 8 heteroatoms. The monoisotopic (exact) mass is 398 g/mol. The maximum absolute atomic E-state index is 12.7. The van der Waals surface area contributed by atoms with Crippen molar-refractivity contribution in [1.29, 1.82) is 0 Å². The van der Waals surface area contributed by atoms with Crippen LogP contribution < -0.4 is 10.6 Å². The van der Waals surface area contributed by atoms with Crippen molar-refractivity contribution in [3.05, 3.63) is 29.1 Å². The third-order valence-corrected chi connectivity index (χ3v) is 6.74. The minimum atomic E-state index is -0.124. The number of aliphatic imine (C=N–C) groups is 1. The number of aryl methyl sites for hydroxylation is 2. The summed E-state index contributed by atoms with van der Waals surface area (Å²) in [6.07, 6.45) is 6.06. The Balaban J connectivity index is 1.25. The van der Waals surface area contributed by atoms with Crippen LogP contribution in [0.25, 0.3) is 0 Å². The van der Waals surface area contributed by atoms with Crippen molar-refractivity contribution in [1.82, 2.24) is 25.3 Å². The van der Waals surface area contributed by atoms with Crippen LogP contribution in [-0.4, -0.2) is 59.1 Å². The van der Waals surface area contributed by atoms with Crippen molar-refractivity contribution in [2.45, 2.75) is 26.7 Å². The second kappa shape index (κ2) is 7.65. The minimum Gasteiger partial charge on any atom is -0.356 e. The van der Waals surface area contributed by atoms with Gasteiger partial charge in [-0.2, -0.15) is 5.10 Å². The molecule has 4 unspecified atom stereocenters. The van der Waals surface area contributed by atoms with E-state index in [0.29, 0.717) is 19.0 Å². The molecule has 2 bridgehead atoms. The van der Waals surface area contributed by atoms with Gasteiger partial charge in [0.2, 0.25) is 11.8 Å². The summed E-state index contributed by atoms with van der Waals surface area (Å²) in [4.78, 5) is 31.1. The number of aromatic nitrogens is 2. The quantitative estimate of drug-likeness (QED) is 0.316. The lowest BCUT2D eigenvalue weighted by atomic mass is 9.85. The van der Waals surface area contributed by atoms with Gasteiger partial charge >= 0.3 is 0 Å². The third-order valence-electron chi connectivity index (χ3n) is 6.74. The number of imide groups is 1. The Kier molecular flexibility index (Phi) is 5.19. The largest absolute Gasteiger partial charge is 0.356 e. The Hall–Kier alpha value is -2.64. The summed E-state index contributed by atoms with van der Waals surface area (Å²) in [7, 11) is 3.67. The van der Waals surface area contributed by atoms with Crippen LogP contribution in [0.2, 0.25) is 0 Å². The van der Waals surface area contributed by atoms with E-state index in [1.165, 1.54) is 16.2 Å². The van der Waals surface area contributed by atoms with Gasteiger partial charge in [-0.05, 0) is 44.1 Å². The van der Waals surface area contributed by atoms with Crippen molar-refractivity contribution in [2.24, 2.45) is 35.7 Å². The Bertz CT molecular complexity index is 856. The van der Waals surface area contributed by atoms with Gasteiger partial charge in [0.25, 0.3) is 0 Å². The van der Waals surface area contributed by atoms with E-state index in [0.717, 1.165) is 25.1 Å². The SMILES string of the molecule is CN=C(NCCc1c(C)nn(C)c1C)NCCN1C(=O)C2C3C=CC(C3)C2C1=O. The first kappa shape index (κ1) is 19.7. The van der Waals surface area contributed by atoms with Gasteiger partial charge in [0, 0.05) is 39.4 Å². The van der Waals surface area contributed by atoms with Gasteiger partial charge in [-0.15, -0.1) is 0 Å². The van der Waals surface area contributed by atoms with E-state index in [1.54, 1.807) is 7.05 Å². The molecule has 8 nitrogen and oxygen atoms in total. The molecule has 29 heavy (non-hydrogen) atoms. The van der Waals surface area contributed by atoms with E-state index in [2.05, 4.69) is 39.8 Å². The number of nitrogens with one attached hydrogen (secondary N) is 2. The summed E-state index contributed by atoms with van der Waals surface area (Å²) in [6.45, 7) is 5.70. The first-order valence-electron chi connectivity index (χ1n) is 10.4. The lowest BCUT2D eigenvalue weighted by Crippen LogP contribution is -2.44. The molecule has 156 valence electrons. The van der Waals surface area contributed by atoms with Gasteiger partial charge in [0.05, 0.1) is 17.5 Å². The number of carbonyl (C=O) groups excluding carboxylic acids is 2. The average molecular weight is 399 g/mol. The van der Waals surface area contributed by atoms with Gasteiger partial charge < -0.3 is 10.6 Å². The maximum Gasteiger partial charge on any atom is 0.233 e. The van der Waals surface area contributed by atoms with Crippen LogP contribution in [0.5, 0.6) is 0 Å². The van der Waals surface area contributed by atoms with Crippen LogP contribution in [0.1, 0.15) is 23.4 Å². The Morgan fingerprint density at radius 1 is 1.14 bits per heavy atom. The maximum atomic E-state index is 12.7. The highest BCUT2D eigenvalue weighted by Crippen LogP contribution is 2.52. The van der Waals surface area contributed by atoms with Crippen LogP contribution in [0.3, 0.4) is 0 Å². The Labute approximate surface area is 171 Å². The fourth-order valence-corrected chi connectivity index (χ4v) is 5.18. The van der Waals surface area contributed by atoms with Gasteiger partial charge in [-0.3, -0.25) is 24.2 Å². The molecule has 2 heterocycles. The first-order chi connectivity index (χ1) is 13.9. The molecule has 1 aromatic rings. The molecule has 2 amide bonds. The number of hydrogen-bond acceptors (Lipinski definition) is 4. The topological polar surface area (TPSA) is 91.6 Å². The van der Waals surface area contributed by atoms with Crippen molar-refractivity contribution in [3.8, 4) is 0 Å². The van der Waals surface area contributed by atoms with Gasteiger partial charge in [0.15, 0.2) is 5.96 Å². The standard InChI is InChI=1S/C21H30N6O2/c1-12-16(13(2)26(4)25-12)7-8-23-21(22-3)24-9-10-27-19(28)17-14-5-6-15(11-14)18(17)20(27)29/h5-6,14-15,17-18H,7-11H2,1-4H3,(H2,22,23,24). The molecule has 4 atom stereocenters. The number of carbonyl (C=O) groups is 2. The number of guanidine groups is 1. The highest BCUT2D eigenvalue weighted by molar-refractivity contribution is 6.06. The average Bonchev–Trinajstić information content (AvgIpc) is 3.42. The summed E-state index contributed by atoms with van der Waals surface area (Å²) < 4.78 is 1.90. The van der Waals surface area contributed by atoms with Crippen molar-refractivity contribution < 1.29 is 9.59 Å². The second-order valence-electron chi connectivity index (χ2n) is 8.28. The fraction of sp³-hybridized carbons (Fsp3) is 0.619. The molecule has 0 aromatic carbocycles. The number of amides is 2. The predicted molar refractivity (Wildman–Crippen MR) is 110 cm³/mol. The normalized spacial score (nSPS) is 27.9. The van der Waals surface area contributed by atoms with E-state index < -0.39 is 0 Å². The molecule has 3 aliphatic rings. The zero-order valence-corrected chi connectivity index (χ0v) is 17.6. The molecule has 0 radical (unpaired) electrons. The number of nitrogens with zero attached hydrogens (tertiary/aromatic N) is 4. The molecule has 1 aliphatic heterocycles. The van der Waals surface area contributed by atoms with Crippen molar-refractivity contribution >= 4 is 17.8 Å². The number of fused-ring (bicyclic) bond motifs is 5. The lowest BCUT2D eigenvalue weighted by molar-refractivity contribution is -0.140. The fourth-order valence-electron chi connectivity index (χ4n) is 5.18. The minimum absolute atomic E-state index is 0.00382. The van der Waals surface area contributed by atoms with E-state index in [4.69, 9.17) is 0 Å². The van der Waals surface area contributed by atoms with E-state index in [1.807, 2.05) is 18.7 Å². The Morgan fingerprint density at radius 3 is 2.31 bits per heavy atom. The molecule has 1 saturated carbocycles. The summed E-state index contributed by atoms with van der Waals surface area (Å²) in [5.74, 6) is 0.946. The smallest absolute Gasteiger partial charge is 0.233 e. The number of likely N-dealkylation sites (tertiary alicyclic amines) is 1. The zero-order chi connectivity index (χ0) is 20.7. The highest BCUT2D eigenvalue weighted by atomic mass is 16.2. The van der Waals surface area contributed by atoms with Crippen LogP contribution in [0.4, 0.5) is 0 Å². The highest BCUT2D eigenvalue weighted by Gasteiger charge is 2.58. The lowest BCUT2D eigenvalue weighted by Gasteiger charge is -2.18. The van der Waals surface area contributed by atoms with Gasteiger partial charge in [0.1, 0.15) is 0 Å². The predicted octanol–water partition coefficient (Wildman–Crippen LogP) is 0.552. The van der Waals surface area contributed by atoms with Crippen LogP contribution >= 0.6 is 0 Å². The van der Waals surface area contributed by atoms with Crippen molar-refractivity contribution in [2.75, 3.05) is 26.7 Å². The third kappa shape index (κ3) is 3.34. The van der Waals surface area contributed by atoms with Gasteiger partial charge in [-0.1, -0.05) is 12.2 Å². The molecule has 0 spiro atoms. The number of rotatable bonds is 6. The molecule has 2 aliphatic carbocycles. The van der Waals surface area contributed by atoms with Crippen LogP contribution in [-0.2, 0) is 23.1 Å². The van der Waals surface area contributed by atoms with Crippen LogP contribution in [0.15, 0.2) is 17.1 Å². The van der Waals surface area contributed by atoms with E-state index >= 15 is 0 Å². The summed E-state index contributed by atoms with van der Waals surface area (Å²) >= 11 is 0. The molecule has 1 saturated heterocycles. The summed E-state index contributed by atoms with van der Waals surface area (Å²) in [5, 5.41) is 11.0. The molecule has 2 fully saturated rings. The molecular weight excluding hydrogens is 368 g/mol. The molecule has 1 aromatic heterocycles. The zero-order valence-electron chi connectivity index (χ0n) is 17.6. The summed E-state index contributed by atoms with van der Waals surface area (Å²) in [5.41, 5.74) is 3.47. The van der Waals surface area contributed by atoms with Crippen LogP contribution in [0, 0.1) is 37.5 Å². The van der Waals surface area contributed by atoms with Gasteiger partial charge in [-0.25, -0.2) is 0 Å². The second-order valence-corrected chi connectivity index (χ2v) is 8.28. The summed E-state index contributed by atoms with van der Waals surface area (Å²) in [6, 6.07) is 0. The van der Waals surface area contributed by atoms with E-state index in [-0.39, 0.29) is 35.5 Å². The molecule has 2 N–H and O–H groups in total. The molecule has 4 rings (SSSR count). The molecular formula is C21H30N6O2. The van der Waals surface area contributed by atoms with E-state index in [9.17, 15) is 9.59 Å². The first-order valence-corrected chi connectivity index (χ1v) is 10.4. The number of hydrogen-bond donors (Lipinski definition) is 2. The Morgan fingerprint density at radius 2 is 1.76 bits per heavy atom. The number of allylic oxidation sites excluding steroid dienone is 2. The van der Waals surface area contributed by atoms with Crippen molar-refractivity contribution in [3.63, 3.8) is 0 Å².